The largest absolute Gasteiger partial charge is 0.400 e. The van der Waals surface area contributed by atoms with Crippen LogP contribution in [0.4, 0.5) is 0 Å². The van der Waals surface area contributed by atoms with Crippen molar-refractivity contribution < 1.29 is 9.66 Å². The van der Waals surface area contributed by atoms with Crippen molar-refractivity contribution in [3.05, 3.63) is 22.7 Å². The molecule has 1 aromatic carbocycles. The number of aromatic amines is 1. The van der Waals surface area contributed by atoms with Gasteiger partial charge in [-0.2, -0.15) is 0 Å². The van der Waals surface area contributed by atoms with Gasteiger partial charge in [0.2, 0.25) is 0 Å². The molecule has 1 aromatic heterocycles. The predicted octanol–water partition coefficient (Wildman–Crippen LogP) is 2.50. The molecule has 0 aliphatic carbocycles. The Labute approximate surface area is 93.7 Å². The van der Waals surface area contributed by atoms with Crippen molar-refractivity contribution >= 4 is 39.0 Å². The number of rotatable bonds is 1. The van der Waals surface area contributed by atoms with Crippen molar-refractivity contribution in [1.82, 2.24) is 9.97 Å². The zero-order valence-electron chi connectivity index (χ0n) is 7.36. The van der Waals surface area contributed by atoms with Crippen LogP contribution in [0.5, 0.6) is 0 Å². The van der Waals surface area contributed by atoms with E-state index in [9.17, 15) is 0 Å². The van der Waals surface area contributed by atoms with Gasteiger partial charge in [0, 0.05) is 11.6 Å². The summed E-state index contributed by atoms with van der Waals surface area (Å²) in [6.45, 7) is 0. The first-order valence-electron chi connectivity index (χ1n) is 3.71. The number of nitrogens with one attached hydrogen (secondary N) is 1. The molecule has 2 aromatic rings. The molecule has 4 nitrogen and oxygen atoms in total. The molecule has 0 radical (unpaired) electrons. The van der Waals surface area contributed by atoms with Gasteiger partial charge in [0.15, 0.2) is 5.16 Å². The molecule has 0 atom stereocenters. The maximum absolute atomic E-state index is 8.72. The van der Waals surface area contributed by atoms with Crippen LogP contribution < -0.4 is 0 Å². The molecule has 6 heteroatoms. The Morgan fingerprint density at radius 1 is 1.43 bits per heavy atom. The second-order valence-corrected chi connectivity index (χ2v) is 3.78. The molecule has 0 aliphatic heterocycles. The van der Waals surface area contributed by atoms with Crippen LogP contribution in [0.2, 0.25) is 0 Å². The first-order valence-corrected chi connectivity index (χ1v) is 5.27. The topological polar surface area (TPSA) is 69.1 Å². The van der Waals surface area contributed by atoms with E-state index in [1.165, 1.54) is 0 Å². The quantitative estimate of drug-likeness (QED) is 0.700. The highest BCUT2D eigenvalue weighted by Gasteiger charge is 2.01. The van der Waals surface area contributed by atoms with Crippen LogP contribution in [0, 0.1) is 0 Å². The molecule has 14 heavy (non-hydrogen) atoms. The third-order valence-electron chi connectivity index (χ3n) is 1.51. The minimum atomic E-state index is 0.517. The van der Waals surface area contributed by atoms with Gasteiger partial charge in [-0.1, -0.05) is 15.9 Å². The molecule has 0 fully saturated rings. The molecule has 76 valence electrons. The fourth-order valence-corrected chi connectivity index (χ4v) is 1.66. The number of aromatic nitrogens is 2. The van der Waals surface area contributed by atoms with Crippen LogP contribution in [-0.2, 0) is 0 Å². The molecular weight excluding hydrogens is 268 g/mol. The van der Waals surface area contributed by atoms with Crippen LogP contribution in [0.25, 0.3) is 11.0 Å². The lowest BCUT2D eigenvalue weighted by Gasteiger charge is -1.87. The van der Waals surface area contributed by atoms with Gasteiger partial charge in [0.1, 0.15) is 0 Å². The lowest BCUT2D eigenvalue weighted by molar-refractivity contribution is 0.399. The summed E-state index contributed by atoms with van der Waals surface area (Å²) in [4.78, 5) is 7.07. The predicted molar refractivity (Wildman–Crippen MR) is 60.4 cm³/mol. The third-order valence-corrected chi connectivity index (χ3v) is 2.37. The zero-order valence-corrected chi connectivity index (χ0v) is 9.76. The highest BCUT2D eigenvalue weighted by atomic mass is 79.9. The zero-order chi connectivity index (χ0) is 10.6. The molecule has 1 heterocycles. The Hall–Kier alpha value is -0.560. The second-order valence-electron chi connectivity index (χ2n) is 2.29. The summed E-state index contributed by atoms with van der Waals surface area (Å²) in [7, 11) is 1.00. The van der Waals surface area contributed by atoms with E-state index in [-0.39, 0.29) is 0 Å². The molecule has 3 N–H and O–H groups in total. The van der Waals surface area contributed by atoms with E-state index < -0.39 is 0 Å². The Balaban J connectivity index is 0.000000461. The van der Waals surface area contributed by atoms with E-state index in [4.69, 9.17) is 9.66 Å². The van der Waals surface area contributed by atoms with E-state index in [2.05, 4.69) is 25.9 Å². The molecule has 0 unspecified atom stereocenters. The number of imidazole rings is 1. The van der Waals surface area contributed by atoms with Crippen LogP contribution in [0.15, 0.2) is 27.8 Å². The number of benzene rings is 1. The SMILES string of the molecule is CO.OSc1nc2ccc(Br)cc2[nH]1. The van der Waals surface area contributed by atoms with Crippen molar-refractivity contribution in [2.45, 2.75) is 5.16 Å². The molecule has 0 amide bonds. The van der Waals surface area contributed by atoms with E-state index in [0.717, 1.165) is 22.6 Å². The highest BCUT2D eigenvalue weighted by molar-refractivity contribution is 9.10. The van der Waals surface area contributed by atoms with Crippen molar-refractivity contribution in [1.29, 1.82) is 0 Å². The van der Waals surface area contributed by atoms with Gasteiger partial charge >= 0.3 is 0 Å². The lowest BCUT2D eigenvalue weighted by atomic mass is 10.3. The molecule has 0 saturated heterocycles. The van der Waals surface area contributed by atoms with Crippen molar-refractivity contribution in [3.8, 4) is 0 Å². The number of fused-ring (bicyclic) bond motifs is 1. The van der Waals surface area contributed by atoms with Crippen molar-refractivity contribution in [3.63, 3.8) is 0 Å². The minimum absolute atomic E-state index is 0.517. The Bertz CT molecular complexity index is 419. The molecule has 0 aliphatic rings. The summed E-state index contributed by atoms with van der Waals surface area (Å²) in [5, 5.41) is 7.52. The summed E-state index contributed by atoms with van der Waals surface area (Å²) in [5.41, 5.74) is 1.77. The monoisotopic (exact) mass is 276 g/mol. The maximum Gasteiger partial charge on any atom is 0.193 e. The molecule has 0 bridgehead atoms. The fourth-order valence-electron chi connectivity index (χ4n) is 1.00. The van der Waals surface area contributed by atoms with Crippen molar-refractivity contribution in [2.24, 2.45) is 0 Å². The summed E-state index contributed by atoms with van der Waals surface area (Å²) in [5.74, 6) is 0. The van der Waals surface area contributed by atoms with E-state index >= 15 is 0 Å². The first-order chi connectivity index (χ1) is 6.79. The highest BCUT2D eigenvalue weighted by Crippen LogP contribution is 2.20. The van der Waals surface area contributed by atoms with E-state index in [1.807, 2.05) is 18.2 Å². The number of H-pyrrole nitrogens is 1. The van der Waals surface area contributed by atoms with Crippen LogP contribution in [0.3, 0.4) is 0 Å². The summed E-state index contributed by atoms with van der Waals surface area (Å²) >= 11 is 3.96. The summed E-state index contributed by atoms with van der Waals surface area (Å²) in [6, 6.07) is 5.71. The van der Waals surface area contributed by atoms with E-state index in [0.29, 0.717) is 17.2 Å². The summed E-state index contributed by atoms with van der Waals surface area (Å²) < 4.78 is 9.71. The fraction of sp³-hybridized carbons (Fsp3) is 0.125. The van der Waals surface area contributed by atoms with Crippen molar-refractivity contribution in [2.75, 3.05) is 7.11 Å². The van der Waals surface area contributed by atoms with Gasteiger partial charge in [-0.3, -0.25) is 0 Å². The Kier molecular flexibility index (Phi) is 4.40. The molecule has 0 saturated carbocycles. The Morgan fingerprint density at radius 2 is 2.14 bits per heavy atom. The summed E-state index contributed by atoms with van der Waals surface area (Å²) in [6.07, 6.45) is 0. The van der Waals surface area contributed by atoms with Crippen LogP contribution in [-0.4, -0.2) is 26.7 Å². The number of nitrogens with zero attached hydrogens (tertiary/aromatic N) is 1. The van der Waals surface area contributed by atoms with Gasteiger partial charge in [-0.25, -0.2) is 4.98 Å². The normalized spacial score (nSPS) is 9.71. The average Bonchev–Trinajstić information content (AvgIpc) is 2.62. The van der Waals surface area contributed by atoms with Gasteiger partial charge in [-0.15, -0.1) is 0 Å². The minimum Gasteiger partial charge on any atom is -0.400 e. The van der Waals surface area contributed by atoms with E-state index in [1.54, 1.807) is 0 Å². The van der Waals surface area contributed by atoms with Gasteiger partial charge < -0.3 is 14.6 Å². The van der Waals surface area contributed by atoms with Gasteiger partial charge in [-0.05, 0) is 18.2 Å². The lowest BCUT2D eigenvalue weighted by Crippen LogP contribution is -1.68. The average molecular weight is 277 g/mol. The standard InChI is InChI=1S/C7H5BrN2OS.CH4O/c8-4-1-2-5-6(3-4)10-7(9-5)12-11;1-2/h1-3,11H,(H,9,10);2H,1H3. The molecule has 0 spiro atoms. The third kappa shape index (κ3) is 2.48. The Morgan fingerprint density at radius 3 is 2.79 bits per heavy atom. The first kappa shape index (κ1) is 11.5. The number of aliphatic hydroxyl groups is 1. The second kappa shape index (κ2) is 5.35. The van der Waals surface area contributed by atoms with Crippen LogP contribution >= 0.6 is 28.0 Å². The molecule has 2 rings (SSSR count). The number of aliphatic hydroxyl groups excluding tert-OH is 1. The van der Waals surface area contributed by atoms with Crippen LogP contribution in [0.1, 0.15) is 0 Å². The maximum atomic E-state index is 8.72. The molecular formula is C8H9BrN2O2S. The number of halogens is 1. The number of hydrogen-bond acceptors (Lipinski definition) is 4. The van der Waals surface area contributed by atoms with Gasteiger partial charge in [0.25, 0.3) is 0 Å². The number of hydrogen-bond donors (Lipinski definition) is 3. The smallest absolute Gasteiger partial charge is 0.193 e. The van der Waals surface area contributed by atoms with Gasteiger partial charge in [0.05, 0.1) is 23.1 Å².